The summed E-state index contributed by atoms with van der Waals surface area (Å²) in [6.45, 7) is 2.07. The van der Waals surface area contributed by atoms with Gasteiger partial charge in [-0.3, -0.25) is 4.79 Å². The molecule has 0 fully saturated rings. The molecule has 0 aliphatic rings. The van der Waals surface area contributed by atoms with Crippen molar-refractivity contribution in [2.75, 3.05) is 12.5 Å². The number of carbonyl (C=O) groups is 2. The van der Waals surface area contributed by atoms with Crippen LogP contribution < -0.4 is 0 Å². The maximum Gasteiger partial charge on any atom is 0.338 e. The summed E-state index contributed by atoms with van der Waals surface area (Å²) in [6, 6.07) is 5.02. The lowest BCUT2D eigenvalue weighted by Gasteiger charge is -2.06. The van der Waals surface area contributed by atoms with Gasteiger partial charge in [0.15, 0.2) is 5.78 Å². The van der Waals surface area contributed by atoms with Gasteiger partial charge in [0.25, 0.3) is 0 Å². The van der Waals surface area contributed by atoms with Crippen molar-refractivity contribution in [2.24, 2.45) is 0 Å². The van der Waals surface area contributed by atoms with Gasteiger partial charge in [0.1, 0.15) is 0 Å². The normalized spacial score (nSPS) is 10.1. The van der Waals surface area contributed by atoms with Crippen LogP contribution in [0.5, 0.6) is 0 Å². The summed E-state index contributed by atoms with van der Waals surface area (Å²) in [5.74, 6) is -0.510. The number of halogens is 2. The van der Waals surface area contributed by atoms with E-state index in [2.05, 4.69) is 15.9 Å². The smallest absolute Gasteiger partial charge is 0.338 e. The molecule has 1 rings (SSSR count). The molecule has 0 spiro atoms. The first kappa shape index (κ1) is 14.2. The van der Waals surface area contributed by atoms with Crippen LogP contribution in [0.1, 0.15) is 22.8 Å². The number of rotatable bonds is 5. The SMILES string of the molecule is CCOC(=O)c1ccc(Br)c(CC(=O)CCl)c1. The Balaban J connectivity index is 2.93. The standard InChI is InChI=1S/C12H12BrClO3/c1-2-17-12(16)8-3-4-11(13)9(5-8)6-10(15)7-14/h3-5H,2,6-7H2,1H3. The molecule has 0 aliphatic carbocycles. The van der Waals surface area contributed by atoms with Gasteiger partial charge in [-0.15, -0.1) is 11.6 Å². The monoisotopic (exact) mass is 318 g/mol. The Bertz CT molecular complexity index is 432. The first-order chi connectivity index (χ1) is 8.08. The Kier molecular flexibility index (Phi) is 5.65. The summed E-state index contributed by atoms with van der Waals surface area (Å²) in [6.07, 6.45) is 0.206. The van der Waals surface area contributed by atoms with Crippen LogP contribution in [-0.4, -0.2) is 24.2 Å². The van der Waals surface area contributed by atoms with Crippen LogP contribution in [0.4, 0.5) is 0 Å². The highest BCUT2D eigenvalue weighted by Crippen LogP contribution is 2.20. The molecule has 0 radical (unpaired) electrons. The highest BCUT2D eigenvalue weighted by molar-refractivity contribution is 9.10. The molecular weight excluding hydrogens is 307 g/mol. The minimum Gasteiger partial charge on any atom is -0.462 e. The van der Waals surface area contributed by atoms with Crippen molar-refractivity contribution in [2.45, 2.75) is 13.3 Å². The third-order valence-corrected chi connectivity index (χ3v) is 3.17. The van der Waals surface area contributed by atoms with Gasteiger partial charge in [-0.25, -0.2) is 4.79 Å². The van der Waals surface area contributed by atoms with E-state index in [-0.39, 0.29) is 24.1 Å². The van der Waals surface area contributed by atoms with Crippen molar-refractivity contribution in [3.63, 3.8) is 0 Å². The summed E-state index contributed by atoms with van der Waals surface area (Å²) in [5.41, 5.74) is 1.17. The number of benzene rings is 1. The zero-order valence-electron chi connectivity index (χ0n) is 9.33. The molecule has 0 aliphatic heterocycles. The zero-order chi connectivity index (χ0) is 12.8. The van der Waals surface area contributed by atoms with Crippen LogP contribution in [0.25, 0.3) is 0 Å². The highest BCUT2D eigenvalue weighted by atomic mass is 79.9. The Morgan fingerprint density at radius 3 is 2.71 bits per heavy atom. The van der Waals surface area contributed by atoms with E-state index in [1.165, 1.54) is 0 Å². The maximum absolute atomic E-state index is 11.5. The van der Waals surface area contributed by atoms with Gasteiger partial charge in [-0.2, -0.15) is 0 Å². The second-order valence-electron chi connectivity index (χ2n) is 3.38. The Labute approximate surface area is 113 Å². The third kappa shape index (κ3) is 4.13. The molecule has 0 saturated heterocycles. The van der Waals surface area contributed by atoms with Crippen molar-refractivity contribution in [1.29, 1.82) is 0 Å². The van der Waals surface area contributed by atoms with Crippen molar-refractivity contribution in [1.82, 2.24) is 0 Å². The number of hydrogen-bond donors (Lipinski definition) is 0. The van der Waals surface area contributed by atoms with Gasteiger partial charge in [-0.05, 0) is 30.7 Å². The lowest BCUT2D eigenvalue weighted by molar-refractivity contribution is -0.116. The van der Waals surface area contributed by atoms with Crippen LogP contribution in [0, 0.1) is 0 Å². The Morgan fingerprint density at radius 1 is 1.41 bits per heavy atom. The third-order valence-electron chi connectivity index (χ3n) is 2.09. The van der Waals surface area contributed by atoms with Gasteiger partial charge in [0.2, 0.25) is 0 Å². The molecule has 0 atom stereocenters. The molecule has 0 aromatic heterocycles. The number of ketones is 1. The largest absolute Gasteiger partial charge is 0.462 e. The van der Waals surface area contributed by atoms with Gasteiger partial charge < -0.3 is 4.74 Å². The molecule has 0 N–H and O–H groups in total. The van der Waals surface area contributed by atoms with E-state index >= 15 is 0 Å². The molecule has 0 amide bonds. The van der Waals surface area contributed by atoms with Crippen molar-refractivity contribution in [3.8, 4) is 0 Å². The molecule has 0 saturated carbocycles. The second-order valence-corrected chi connectivity index (χ2v) is 4.50. The lowest BCUT2D eigenvalue weighted by Crippen LogP contribution is -2.08. The van der Waals surface area contributed by atoms with Crippen molar-refractivity contribution in [3.05, 3.63) is 33.8 Å². The highest BCUT2D eigenvalue weighted by Gasteiger charge is 2.11. The molecule has 1 aromatic rings. The zero-order valence-corrected chi connectivity index (χ0v) is 11.7. The lowest BCUT2D eigenvalue weighted by atomic mass is 10.1. The number of ether oxygens (including phenoxy) is 1. The quantitative estimate of drug-likeness (QED) is 0.619. The average Bonchev–Trinajstić information content (AvgIpc) is 2.32. The fraction of sp³-hybridized carbons (Fsp3) is 0.333. The summed E-state index contributed by atoms with van der Waals surface area (Å²) in [7, 11) is 0. The van der Waals surface area contributed by atoms with E-state index in [1.54, 1.807) is 25.1 Å². The molecule has 0 unspecified atom stereocenters. The van der Waals surface area contributed by atoms with Crippen LogP contribution >= 0.6 is 27.5 Å². The minimum absolute atomic E-state index is 0.0317. The van der Waals surface area contributed by atoms with E-state index in [4.69, 9.17) is 16.3 Å². The summed E-state index contributed by atoms with van der Waals surface area (Å²) < 4.78 is 5.67. The number of carbonyl (C=O) groups excluding carboxylic acids is 2. The topological polar surface area (TPSA) is 43.4 Å². The number of alkyl halides is 1. The maximum atomic E-state index is 11.5. The molecule has 92 valence electrons. The van der Waals surface area contributed by atoms with Crippen LogP contribution in [0.15, 0.2) is 22.7 Å². The van der Waals surface area contributed by atoms with E-state index in [9.17, 15) is 9.59 Å². The molecule has 0 heterocycles. The predicted molar refractivity (Wildman–Crippen MR) is 69.5 cm³/mol. The molecule has 17 heavy (non-hydrogen) atoms. The first-order valence-corrected chi connectivity index (χ1v) is 6.44. The molecular formula is C12H12BrClO3. The number of hydrogen-bond acceptors (Lipinski definition) is 3. The second kappa shape index (κ2) is 6.77. The van der Waals surface area contributed by atoms with E-state index in [1.807, 2.05) is 0 Å². The summed E-state index contributed by atoms with van der Waals surface area (Å²) >= 11 is 8.78. The fourth-order valence-corrected chi connectivity index (χ4v) is 1.79. The van der Waals surface area contributed by atoms with Gasteiger partial charge >= 0.3 is 5.97 Å². The van der Waals surface area contributed by atoms with Crippen LogP contribution in [0.3, 0.4) is 0 Å². The van der Waals surface area contributed by atoms with E-state index < -0.39 is 0 Å². The van der Waals surface area contributed by atoms with E-state index in [0.29, 0.717) is 12.2 Å². The molecule has 5 heteroatoms. The van der Waals surface area contributed by atoms with Crippen LogP contribution in [-0.2, 0) is 16.0 Å². The van der Waals surface area contributed by atoms with Crippen molar-refractivity contribution < 1.29 is 14.3 Å². The Hall–Kier alpha value is -0.870. The predicted octanol–water partition coefficient (Wildman–Crippen LogP) is 2.98. The first-order valence-electron chi connectivity index (χ1n) is 5.11. The van der Waals surface area contributed by atoms with Gasteiger partial charge in [-0.1, -0.05) is 15.9 Å². The average molecular weight is 320 g/mol. The molecule has 1 aromatic carbocycles. The fourth-order valence-electron chi connectivity index (χ4n) is 1.31. The van der Waals surface area contributed by atoms with Gasteiger partial charge in [0.05, 0.1) is 18.1 Å². The Morgan fingerprint density at radius 2 is 2.12 bits per heavy atom. The summed E-state index contributed by atoms with van der Waals surface area (Å²) in [5, 5.41) is 0. The molecule has 3 nitrogen and oxygen atoms in total. The van der Waals surface area contributed by atoms with E-state index in [0.717, 1.165) is 10.0 Å². The molecule has 0 bridgehead atoms. The minimum atomic E-state index is -0.389. The summed E-state index contributed by atoms with van der Waals surface area (Å²) in [4.78, 5) is 22.8. The van der Waals surface area contributed by atoms with Crippen LogP contribution in [0.2, 0.25) is 0 Å². The van der Waals surface area contributed by atoms with Crippen molar-refractivity contribution >= 4 is 39.3 Å². The number of Topliss-reactive ketones (excluding diaryl/α,β-unsaturated/α-hetero) is 1. The van der Waals surface area contributed by atoms with Gasteiger partial charge in [0, 0.05) is 10.9 Å². The number of esters is 1.